The molecule has 0 aliphatic rings. The fourth-order valence-corrected chi connectivity index (χ4v) is 2.64. The minimum Gasteiger partial charge on any atom is -0.413 e. The summed E-state index contributed by atoms with van der Waals surface area (Å²) in [5.41, 5.74) is 2.03. The molecule has 21 heavy (non-hydrogen) atoms. The quantitative estimate of drug-likeness (QED) is 0.327. The van der Waals surface area contributed by atoms with Gasteiger partial charge in [-0.25, -0.2) is 0 Å². The topological polar surface area (TPSA) is 52.4 Å². The van der Waals surface area contributed by atoms with E-state index in [1.165, 1.54) is 6.07 Å². The van der Waals surface area contributed by atoms with Gasteiger partial charge in [-0.05, 0) is 41.7 Å². The van der Waals surface area contributed by atoms with Crippen molar-refractivity contribution < 1.29 is 9.35 Å². The van der Waals surface area contributed by atoms with E-state index in [9.17, 15) is 10.1 Å². The standard InChI is InChI=1S/C16H25NO3Si/c1-7-8-13-11-15(17(18)19)10-9-14(13)12-20-21(5,6)16(2,3)4/h7,9-11H,1,8,12H2,2-6H3. The van der Waals surface area contributed by atoms with Crippen LogP contribution in [0.15, 0.2) is 30.9 Å². The van der Waals surface area contributed by atoms with E-state index in [0.29, 0.717) is 13.0 Å². The van der Waals surface area contributed by atoms with Gasteiger partial charge in [0.15, 0.2) is 8.32 Å². The van der Waals surface area contributed by atoms with Crippen LogP contribution in [0.5, 0.6) is 0 Å². The molecule has 0 aliphatic carbocycles. The highest BCUT2D eigenvalue weighted by molar-refractivity contribution is 6.74. The SMILES string of the molecule is C=CCc1cc([N+](=O)[O-])ccc1CO[Si](C)(C)C(C)(C)C. The Morgan fingerprint density at radius 3 is 2.43 bits per heavy atom. The maximum Gasteiger partial charge on any atom is 0.269 e. The van der Waals surface area contributed by atoms with Gasteiger partial charge in [0.1, 0.15) is 0 Å². The summed E-state index contributed by atoms with van der Waals surface area (Å²) < 4.78 is 6.20. The highest BCUT2D eigenvalue weighted by Crippen LogP contribution is 2.37. The molecule has 0 aromatic heterocycles. The number of nitrogens with zero attached hydrogens (tertiary/aromatic N) is 1. The molecule has 0 saturated heterocycles. The van der Waals surface area contributed by atoms with Crippen molar-refractivity contribution in [2.24, 2.45) is 0 Å². The molecule has 0 saturated carbocycles. The van der Waals surface area contributed by atoms with E-state index in [-0.39, 0.29) is 15.6 Å². The van der Waals surface area contributed by atoms with Crippen LogP contribution < -0.4 is 0 Å². The summed E-state index contributed by atoms with van der Waals surface area (Å²) in [5, 5.41) is 11.0. The smallest absolute Gasteiger partial charge is 0.269 e. The van der Waals surface area contributed by atoms with Gasteiger partial charge in [0.05, 0.1) is 11.5 Å². The zero-order valence-corrected chi connectivity index (χ0v) is 14.6. The minimum absolute atomic E-state index is 0.114. The molecule has 0 aliphatic heterocycles. The van der Waals surface area contributed by atoms with Crippen molar-refractivity contribution in [1.29, 1.82) is 0 Å². The second-order valence-corrected chi connectivity index (χ2v) is 11.6. The Morgan fingerprint density at radius 1 is 1.33 bits per heavy atom. The number of hydrogen-bond donors (Lipinski definition) is 0. The molecule has 0 N–H and O–H groups in total. The first-order chi connectivity index (χ1) is 9.58. The molecule has 0 heterocycles. The third-order valence-electron chi connectivity index (χ3n) is 4.16. The first kappa shape index (κ1) is 17.6. The van der Waals surface area contributed by atoms with E-state index >= 15 is 0 Å². The van der Waals surface area contributed by atoms with Crippen molar-refractivity contribution in [2.45, 2.75) is 51.9 Å². The molecule has 5 heteroatoms. The van der Waals surface area contributed by atoms with Crippen molar-refractivity contribution in [3.63, 3.8) is 0 Å². The third-order valence-corrected chi connectivity index (χ3v) is 8.64. The maximum absolute atomic E-state index is 10.9. The highest BCUT2D eigenvalue weighted by atomic mass is 28.4. The van der Waals surface area contributed by atoms with Gasteiger partial charge in [0, 0.05) is 12.1 Å². The summed E-state index contributed by atoms with van der Waals surface area (Å²) >= 11 is 0. The van der Waals surface area contributed by atoms with Crippen molar-refractivity contribution in [3.8, 4) is 0 Å². The molecule has 1 rings (SSSR count). The minimum atomic E-state index is -1.83. The van der Waals surface area contributed by atoms with E-state index in [1.807, 2.05) is 0 Å². The lowest BCUT2D eigenvalue weighted by Crippen LogP contribution is -2.40. The molecule has 1 aromatic carbocycles. The molecule has 0 fully saturated rings. The van der Waals surface area contributed by atoms with Crippen LogP contribution in [0.3, 0.4) is 0 Å². The number of nitro benzene ring substituents is 1. The monoisotopic (exact) mass is 307 g/mol. The summed E-state index contributed by atoms with van der Waals surface area (Å²) in [6.07, 6.45) is 2.37. The highest BCUT2D eigenvalue weighted by Gasteiger charge is 2.37. The van der Waals surface area contributed by atoms with Crippen LogP contribution in [-0.2, 0) is 17.5 Å². The van der Waals surface area contributed by atoms with Crippen LogP contribution >= 0.6 is 0 Å². The van der Waals surface area contributed by atoms with Crippen LogP contribution in [0.2, 0.25) is 18.1 Å². The lowest BCUT2D eigenvalue weighted by molar-refractivity contribution is -0.384. The largest absolute Gasteiger partial charge is 0.413 e. The Bertz CT molecular complexity index is 533. The average Bonchev–Trinajstić information content (AvgIpc) is 2.36. The first-order valence-electron chi connectivity index (χ1n) is 7.09. The van der Waals surface area contributed by atoms with E-state index < -0.39 is 8.32 Å². The zero-order valence-electron chi connectivity index (χ0n) is 13.6. The molecule has 0 radical (unpaired) electrons. The van der Waals surface area contributed by atoms with E-state index in [0.717, 1.165) is 11.1 Å². The summed E-state index contributed by atoms with van der Waals surface area (Å²) in [5.74, 6) is 0. The van der Waals surface area contributed by atoms with Gasteiger partial charge >= 0.3 is 0 Å². The lowest BCUT2D eigenvalue weighted by atomic mass is 10.0. The molecule has 0 amide bonds. The van der Waals surface area contributed by atoms with E-state index in [4.69, 9.17) is 4.43 Å². The summed E-state index contributed by atoms with van der Waals surface area (Å²) in [6, 6.07) is 4.95. The molecule has 0 spiro atoms. The Kier molecular flexibility index (Phi) is 5.47. The Morgan fingerprint density at radius 2 is 1.95 bits per heavy atom. The van der Waals surface area contributed by atoms with Gasteiger partial charge in [0.2, 0.25) is 0 Å². The molecule has 0 atom stereocenters. The fourth-order valence-electron chi connectivity index (χ4n) is 1.69. The summed E-state index contributed by atoms with van der Waals surface area (Å²) in [6.45, 7) is 15.2. The van der Waals surface area contributed by atoms with Gasteiger partial charge in [-0.1, -0.05) is 26.8 Å². The first-order valence-corrected chi connectivity index (χ1v) is 10.0. The molecular formula is C16H25NO3Si. The van der Waals surface area contributed by atoms with E-state index in [2.05, 4.69) is 40.4 Å². The van der Waals surface area contributed by atoms with Gasteiger partial charge in [-0.2, -0.15) is 0 Å². The summed E-state index contributed by atoms with van der Waals surface area (Å²) in [4.78, 5) is 10.5. The number of non-ortho nitro benzene ring substituents is 1. The number of hydrogen-bond acceptors (Lipinski definition) is 3. The van der Waals surface area contributed by atoms with Gasteiger partial charge in [-0.15, -0.1) is 6.58 Å². The second-order valence-electron chi connectivity index (χ2n) is 6.75. The van der Waals surface area contributed by atoms with Crippen molar-refractivity contribution in [1.82, 2.24) is 0 Å². The van der Waals surface area contributed by atoms with E-state index in [1.54, 1.807) is 18.2 Å². The number of benzene rings is 1. The van der Waals surface area contributed by atoms with Gasteiger partial charge in [0.25, 0.3) is 5.69 Å². The zero-order chi connectivity index (χ0) is 16.3. The number of rotatable bonds is 6. The lowest BCUT2D eigenvalue weighted by Gasteiger charge is -2.36. The molecule has 0 unspecified atom stereocenters. The number of allylic oxidation sites excluding steroid dienone is 1. The third kappa shape index (κ3) is 4.51. The normalized spacial score (nSPS) is 12.2. The Hall–Kier alpha value is -1.46. The Balaban J connectivity index is 2.98. The Labute approximate surface area is 128 Å². The summed E-state index contributed by atoms with van der Waals surface area (Å²) in [7, 11) is -1.83. The van der Waals surface area contributed by atoms with Gasteiger partial charge in [-0.3, -0.25) is 10.1 Å². The predicted octanol–water partition coefficient (Wildman–Crippen LogP) is 4.85. The van der Waals surface area contributed by atoms with Crippen molar-refractivity contribution in [3.05, 3.63) is 52.1 Å². The van der Waals surface area contributed by atoms with Crippen molar-refractivity contribution >= 4 is 14.0 Å². The van der Waals surface area contributed by atoms with Crippen LogP contribution in [-0.4, -0.2) is 13.2 Å². The predicted molar refractivity (Wildman–Crippen MR) is 89.0 cm³/mol. The second kappa shape index (κ2) is 6.53. The van der Waals surface area contributed by atoms with Crippen LogP contribution in [0, 0.1) is 10.1 Å². The number of nitro groups is 1. The van der Waals surface area contributed by atoms with Gasteiger partial charge < -0.3 is 4.43 Å². The van der Waals surface area contributed by atoms with Crippen molar-refractivity contribution in [2.75, 3.05) is 0 Å². The van der Waals surface area contributed by atoms with Crippen LogP contribution in [0.25, 0.3) is 0 Å². The fraction of sp³-hybridized carbons (Fsp3) is 0.500. The van der Waals surface area contributed by atoms with Crippen LogP contribution in [0.4, 0.5) is 5.69 Å². The van der Waals surface area contributed by atoms with Crippen LogP contribution in [0.1, 0.15) is 31.9 Å². The maximum atomic E-state index is 10.9. The molecular weight excluding hydrogens is 282 g/mol. The molecule has 4 nitrogen and oxygen atoms in total. The molecule has 0 bridgehead atoms. The molecule has 1 aromatic rings. The molecule has 116 valence electrons. The average molecular weight is 307 g/mol.